The van der Waals surface area contributed by atoms with Gasteiger partial charge in [0.2, 0.25) is 0 Å². The lowest BCUT2D eigenvalue weighted by Gasteiger charge is -2.15. The fourth-order valence-electron chi connectivity index (χ4n) is 2.40. The minimum absolute atomic E-state index is 0.0160. The third-order valence-electron chi connectivity index (χ3n) is 3.58. The highest BCUT2D eigenvalue weighted by molar-refractivity contribution is 7.17. The van der Waals surface area contributed by atoms with E-state index in [1.807, 2.05) is 0 Å². The number of carbonyl (C=O) groups is 2. The zero-order valence-corrected chi connectivity index (χ0v) is 13.6. The molecule has 2 aromatic heterocycles. The Morgan fingerprint density at radius 3 is 2.76 bits per heavy atom. The van der Waals surface area contributed by atoms with Crippen molar-refractivity contribution >= 4 is 39.5 Å². The lowest BCUT2D eigenvalue weighted by molar-refractivity contribution is 0.101. The Kier molecular flexibility index (Phi) is 3.91. The van der Waals surface area contributed by atoms with Crippen molar-refractivity contribution in [2.45, 2.75) is 33.1 Å². The summed E-state index contributed by atoms with van der Waals surface area (Å²) in [4.78, 5) is 30.4. The number of hydrogen-bond acceptors (Lipinski definition) is 5. The van der Waals surface area contributed by atoms with Gasteiger partial charge in [-0.25, -0.2) is 4.98 Å². The lowest BCUT2D eigenvalue weighted by Crippen LogP contribution is -2.10. The van der Waals surface area contributed by atoms with E-state index >= 15 is 0 Å². The summed E-state index contributed by atoms with van der Waals surface area (Å²) in [6.45, 7) is 3.75. The van der Waals surface area contributed by atoms with Crippen molar-refractivity contribution in [3.8, 4) is 0 Å². The van der Waals surface area contributed by atoms with Crippen LogP contribution in [0.25, 0.3) is 0 Å². The average Bonchev–Trinajstić information content (AvgIpc) is 3.03. The molecule has 1 unspecified atom stereocenters. The van der Waals surface area contributed by atoms with Gasteiger partial charge < -0.3 is 0 Å². The van der Waals surface area contributed by atoms with Crippen molar-refractivity contribution in [2.24, 2.45) is 5.92 Å². The number of thiophene rings is 1. The van der Waals surface area contributed by atoms with Crippen molar-refractivity contribution < 1.29 is 9.59 Å². The maximum absolute atomic E-state index is 12.2. The highest BCUT2D eigenvalue weighted by Crippen LogP contribution is 2.32. The molecule has 0 spiro atoms. The van der Waals surface area contributed by atoms with Gasteiger partial charge in [-0.3, -0.25) is 14.9 Å². The van der Waals surface area contributed by atoms with Gasteiger partial charge in [-0.15, -0.1) is 22.7 Å². The first-order valence-electron chi connectivity index (χ1n) is 6.93. The molecule has 110 valence electrons. The maximum Gasteiger partial charge on any atom is 0.267 e. The second-order valence-electron chi connectivity index (χ2n) is 5.41. The van der Waals surface area contributed by atoms with Crippen LogP contribution in [0.4, 0.5) is 5.13 Å². The van der Waals surface area contributed by atoms with Crippen LogP contribution in [0.2, 0.25) is 0 Å². The minimum Gasteiger partial charge on any atom is -0.297 e. The highest BCUT2D eigenvalue weighted by atomic mass is 32.1. The number of Topliss-reactive ketones (excluding diaryl/α,β-unsaturated/α-hetero) is 1. The quantitative estimate of drug-likeness (QED) is 0.875. The van der Waals surface area contributed by atoms with E-state index in [9.17, 15) is 9.59 Å². The summed E-state index contributed by atoms with van der Waals surface area (Å²) >= 11 is 2.79. The van der Waals surface area contributed by atoms with E-state index in [4.69, 9.17) is 0 Å². The van der Waals surface area contributed by atoms with Gasteiger partial charge in [-0.05, 0) is 44.2 Å². The summed E-state index contributed by atoms with van der Waals surface area (Å²) in [5, 5.41) is 3.51. The molecule has 1 N–H and O–H groups in total. The number of carbonyl (C=O) groups excluding carboxylic acids is 2. The normalized spacial score (nSPS) is 17.3. The molecule has 1 aliphatic carbocycles. The van der Waals surface area contributed by atoms with Gasteiger partial charge in [-0.2, -0.15) is 0 Å². The number of nitrogens with zero attached hydrogens (tertiary/aromatic N) is 1. The van der Waals surface area contributed by atoms with Crippen LogP contribution in [0.3, 0.4) is 0 Å². The van der Waals surface area contributed by atoms with Crippen molar-refractivity contribution in [3.63, 3.8) is 0 Å². The van der Waals surface area contributed by atoms with Crippen LogP contribution in [0.15, 0.2) is 12.1 Å². The molecule has 0 saturated heterocycles. The van der Waals surface area contributed by atoms with E-state index in [1.54, 1.807) is 23.5 Å². The van der Waals surface area contributed by atoms with Crippen LogP contribution < -0.4 is 5.32 Å². The first-order valence-corrected chi connectivity index (χ1v) is 8.57. The molecule has 0 aromatic carbocycles. The van der Waals surface area contributed by atoms with E-state index in [-0.39, 0.29) is 11.7 Å². The summed E-state index contributed by atoms with van der Waals surface area (Å²) in [5.74, 6) is 0.487. The number of rotatable bonds is 3. The Morgan fingerprint density at radius 1 is 1.29 bits per heavy atom. The van der Waals surface area contributed by atoms with Crippen LogP contribution in [0, 0.1) is 5.92 Å². The monoisotopic (exact) mass is 320 g/mol. The van der Waals surface area contributed by atoms with Gasteiger partial charge in [0, 0.05) is 4.88 Å². The first-order chi connectivity index (χ1) is 10.0. The van der Waals surface area contributed by atoms with Crippen molar-refractivity contribution in [1.29, 1.82) is 0 Å². The summed E-state index contributed by atoms with van der Waals surface area (Å²) in [7, 11) is 0. The van der Waals surface area contributed by atoms with Crippen LogP contribution >= 0.6 is 22.7 Å². The van der Waals surface area contributed by atoms with Crippen molar-refractivity contribution in [2.75, 3.05) is 5.32 Å². The van der Waals surface area contributed by atoms with Gasteiger partial charge in [0.05, 0.1) is 15.4 Å². The molecule has 2 aromatic rings. The van der Waals surface area contributed by atoms with Gasteiger partial charge >= 0.3 is 0 Å². The number of ketones is 1. The zero-order chi connectivity index (χ0) is 15.0. The van der Waals surface area contributed by atoms with Gasteiger partial charge in [-0.1, -0.05) is 6.92 Å². The molecule has 1 aliphatic rings. The predicted molar refractivity (Wildman–Crippen MR) is 85.6 cm³/mol. The molecular weight excluding hydrogens is 304 g/mol. The van der Waals surface area contributed by atoms with Crippen molar-refractivity contribution in [3.05, 3.63) is 32.5 Å². The van der Waals surface area contributed by atoms with E-state index < -0.39 is 0 Å². The number of fused-ring (bicyclic) bond motifs is 1. The standard InChI is InChI=1S/C15H16N2O2S2/c1-8-3-4-10-13(7-8)21-15(16-10)17-14(19)12-6-5-11(20-12)9(2)18/h5-6,8H,3-4,7H2,1-2H3,(H,16,17,19). The topological polar surface area (TPSA) is 59.1 Å². The van der Waals surface area contributed by atoms with E-state index in [2.05, 4.69) is 17.2 Å². The summed E-state index contributed by atoms with van der Waals surface area (Å²) < 4.78 is 0. The number of anilines is 1. The number of hydrogen-bond donors (Lipinski definition) is 1. The fraction of sp³-hybridized carbons (Fsp3) is 0.400. The van der Waals surface area contributed by atoms with Gasteiger partial charge in [0.15, 0.2) is 10.9 Å². The van der Waals surface area contributed by atoms with Gasteiger partial charge in [0.1, 0.15) is 0 Å². The van der Waals surface area contributed by atoms with Crippen LogP contribution in [0.5, 0.6) is 0 Å². The van der Waals surface area contributed by atoms with Crippen LogP contribution in [0.1, 0.15) is 50.2 Å². The Morgan fingerprint density at radius 2 is 2.05 bits per heavy atom. The third-order valence-corrected chi connectivity index (χ3v) is 5.80. The maximum atomic E-state index is 12.2. The molecule has 0 saturated carbocycles. The molecule has 1 atom stereocenters. The Hall–Kier alpha value is -1.53. The Labute approximate surface area is 131 Å². The average molecular weight is 320 g/mol. The Bertz CT molecular complexity index is 702. The second-order valence-corrected chi connectivity index (χ2v) is 7.58. The smallest absolute Gasteiger partial charge is 0.267 e. The van der Waals surface area contributed by atoms with Crippen LogP contribution in [-0.2, 0) is 12.8 Å². The fourth-order valence-corrected chi connectivity index (χ4v) is 4.36. The molecule has 0 radical (unpaired) electrons. The minimum atomic E-state index is -0.188. The number of thiazole rings is 1. The predicted octanol–water partition coefficient (Wildman–Crippen LogP) is 3.78. The molecule has 3 rings (SSSR count). The molecule has 0 aliphatic heterocycles. The number of nitrogens with one attached hydrogen (secondary N) is 1. The zero-order valence-electron chi connectivity index (χ0n) is 11.9. The second kappa shape index (κ2) is 5.69. The molecule has 2 heterocycles. The number of aryl methyl sites for hydroxylation is 1. The largest absolute Gasteiger partial charge is 0.297 e. The molecule has 4 nitrogen and oxygen atoms in total. The number of amides is 1. The SMILES string of the molecule is CC(=O)c1ccc(C(=O)Nc2nc3c(s2)CC(C)CC3)s1. The van der Waals surface area contributed by atoms with Gasteiger partial charge in [0.25, 0.3) is 5.91 Å². The molecule has 6 heteroatoms. The molecule has 0 fully saturated rings. The molecular formula is C15H16N2O2S2. The molecule has 1 amide bonds. The van der Waals surface area contributed by atoms with Crippen LogP contribution in [-0.4, -0.2) is 16.7 Å². The summed E-state index contributed by atoms with van der Waals surface area (Å²) in [6, 6.07) is 3.38. The molecule has 21 heavy (non-hydrogen) atoms. The first kappa shape index (κ1) is 14.4. The summed E-state index contributed by atoms with van der Waals surface area (Å²) in [5.41, 5.74) is 1.13. The van der Waals surface area contributed by atoms with E-state index in [0.717, 1.165) is 25.0 Å². The number of aromatic nitrogens is 1. The summed E-state index contributed by atoms with van der Waals surface area (Å²) in [6.07, 6.45) is 3.21. The van der Waals surface area contributed by atoms with Crippen molar-refractivity contribution in [1.82, 2.24) is 4.98 Å². The highest BCUT2D eigenvalue weighted by Gasteiger charge is 2.21. The molecule has 0 bridgehead atoms. The van der Waals surface area contributed by atoms with E-state index in [0.29, 0.717) is 20.8 Å². The Balaban J connectivity index is 1.74. The third kappa shape index (κ3) is 3.06. The van der Waals surface area contributed by atoms with E-state index in [1.165, 1.54) is 23.1 Å². The lowest BCUT2D eigenvalue weighted by atomic mass is 9.93.